The molecule has 2 aliphatic heterocycles. The molecule has 0 aliphatic carbocycles. The highest BCUT2D eigenvalue weighted by Crippen LogP contribution is 2.24. The number of hydrogen-bond acceptors (Lipinski definition) is 5. The zero-order chi connectivity index (χ0) is 27.4. The Morgan fingerprint density at radius 1 is 0.718 bits per heavy atom. The maximum absolute atomic E-state index is 12.9. The van der Waals surface area contributed by atoms with E-state index in [2.05, 4.69) is 9.64 Å². The smallest absolute Gasteiger partial charge is 0.489 e. The van der Waals surface area contributed by atoms with Crippen LogP contribution in [0.4, 0.5) is 13.2 Å². The summed E-state index contributed by atoms with van der Waals surface area (Å²) >= 11 is 0. The normalized spacial score (nSPS) is 16.5. The van der Waals surface area contributed by atoms with Gasteiger partial charge in [-0.2, -0.15) is 0 Å². The minimum atomic E-state index is -4.73. The topological polar surface area (TPSA) is 62.3 Å². The molecule has 5 rings (SSSR count). The van der Waals surface area contributed by atoms with Gasteiger partial charge in [-0.15, -0.1) is 13.2 Å². The first-order valence-electron chi connectivity index (χ1n) is 12.7. The van der Waals surface area contributed by atoms with E-state index in [0.29, 0.717) is 54.7 Å². The third kappa shape index (κ3) is 6.69. The molecule has 0 unspecified atom stereocenters. The Morgan fingerprint density at radius 2 is 1.28 bits per heavy atom. The Kier molecular flexibility index (Phi) is 7.74. The molecule has 0 N–H and O–H groups in total. The van der Waals surface area contributed by atoms with Crippen molar-refractivity contribution in [2.45, 2.75) is 19.0 Å². The van der Waals surface area contributed by atoms with Crippen molar-refractivity contribution in [3.63, 3.8) is 0 Å². The van der Waals surface area contributed by atoms with E-state index < -0.39 is 6.36 Å². The van der Waals surface area contributed by atoms with Crippen molar-refractivity contribution in [1.29, 1.82) is 0 Å². The summed E-state index contributed by atoms with van der Waals surface area (Å²) in [6, 6.07) is 21.9. The Bertz CT molecular complexity index is 1270. The number of amides is 2. The Labute approximate surface area is 224 Å². The van der Waals surface area contributed by atoms with Crippen LogP contribution >= 0.6 is 0 Å². The summed E-state index contributed by atoms with van der Waals surface area (Å²) < 4.78 is 46.4. The maximum Gasteiger partial charge on any atom is 0.573 e. The summed E-state index contributed by atoms with van der Waals surface area (Å²) in [6.45, 7) is 4.38. The van der Waals surface area contributed by atoms with Gasteiger partial charge in [0.1, 0.15) is 18.1 Å². The molecule has 0 atom stereocenters. The lowest BCUT2D eigenvalue weighted by Crippen LogP contribution is -2.64. The number of nitrogens with zero attached hydrogens (tertiary/aromatic N) is 3. The Balaban J connectivity index is 1.05. The van der Waals surface area contributed by atoms with Crippen LogP contribution in [0.2, 0.25) is 0 Å². The molecule has 10 heteroatoms. The van der Waals surface area contributed by atoms with E-state index >= 15 is 0 Å². The molecular formula is C29H28F3N3O4. The summed E-state index contributed by atoms with van der Waals surface area (Å²) in [5.74, 6) is 0.270. The lowest BCUT2D eigenvalue weighted by molar-refractivity contribution is -0.274. The SMILES string of the molecule is O=C(c1ccccc1)N1CCN(C2CN(C(=O)c3ccc(OCc4ccc(OC(F)(F)F)cc4)cc3)C2)CC1. The number of rotatable bonds is 7. The lowest BCUT2D eigenvalue weighted by Gasteiger charge is -2.48. The number of carbonyl (C=O) groups excluding carboxylic acids is 2. The molecule has 0 bridgehead atoms. The standard InChI is InChI=1S/C29H28F3N3O4/c30-29(31,32)39-26-10-6-21(7-11-26)20-38-25-12-8-23(9-13-25)28(37)35-18-24(19-35)33-14-16-34(17-15-33)27(36)22-4-2-1-3-5-22/h1-13,24H,14-20H2. The van der Waals surface area contributed by atoms with Crippen LogP contribution in [-0.4, -0.2) is 78.2 Å². The third-order valence-electron chi connectivity index (χ3n) is 6.95. The van der Waals surface area contributed by atoms with E-state index in [0.717, 1.165) is 13.1 Å². The van der Waals surface area contributed by atoms with E-state index in [1.54, 1.807) is 24.3 Å². The summed E-state index contributed by atoms with van der Waals surface area (Å²) in [5, 5.41) is 0. The average molecular weight is 540 g/mol. The maximum atomic E-state index is 12.9. The molecule has 0 radical (unpaired) electrons. The second-order valence-corrected chi connectivity index (χ2v) is 9.56. The number of carbonyl (C=O) groups is 2. The van der Waals surface area contributed by atoms with E-state index in [4.69, 9.17) is 4.74 Å². The predicted molar refractivity (Wildman–Crippen MR) is 138 cm³/mol. The van der Waals surface area contributed by atoms with Crippen molar-refractivity contribution in [2.75, 3.05) is 39.3 Å². The third-order valence-corrected chi connectivity index (χ3v) is 6.95. The number of alkyl halides is 3. The summed E-state index contributed by atoms with van der Waals surface area (Å²) in [6.07, 6.45) is -4.73. The highest BCUT2D eigenvalue weighted by molar-refractivity contribution is 5.95. The van der Waals surface area contributed by atoms with Gasteiger partial charge < -0.3 is 19.3 Å². The van der Waals surface area contributed by atoms with Gasteiger partial charge in [0.2, 0.25) is 0 Å². The minimum Gasteiger partial charge on any atom is -0.489 e. The van der Waals surface area contributed by atoms with Gasteiger partial charge in [0.05, 0.1) is 0 Å². The van der Waals surface area contributed by atoms with Crippen molar-refractivity contribution in [3.05, 3.63) is 95.6 Å². The van der Waals surface area contributed by atoms with Crippen LogP contribution in [-0.2, 0) is 6.61 Å². The molecule has 3 aromatic rings. The number of likely N-dealkylation sites (tertiary alicyclic amines) is 1. The van der Waals surface area contributed by atoms with Crippen molar-refractivity contribution >= 4 is 11.8 Å². The lowest BCUT2D eigenvalue weighted by atomic mass is 10.0. The zero-order valence-corrected chi connectivity index (χ0v) is 21.1. The molecule has 2 saturated heterocycles. The van der Waals surface area contributed by atoms with Crippen LogP contribution < -0.4 is 9.47 Å². The summed E-state index contributed by atoms with van der Waals surface area (Å²) in [5.41, 5.74) is 1.95. The number of piperazine rings is 1. The second kappa shape index (κ2) is 11.4. The van der Waals surface area contributed by atoms with Crippen molar-refractivity contribution < 1.29 is 32.2 Å². The first-order chi connectivity index (χ1) is 18.7. The monoisotopic (exact) mass is 539 g/mol. The van der Waals surface area contributed by atoms with Gasteiger partial charge in [-0.25, -0.2) is 0 Å². The molecular weight excluding hydrogens is 511 g/mol. The van der Waals surface area contributed by atoms with Crippen molar-refractivity contribution in [3.8, 4) is 11.5 Å². The fourth-order valence-electron chi connectivity index (χ4n) is 4.74. The summed E-state index contributed by atoms with van der Waals surface area (Å²) in [4.78, 5) is 31.6. The zero-order valence-electron chi connectivity index (χ0n) is 21.1. The Hall–Kier alpha value is -4.05. The molecule has 39 heavy (non-hydrogen) atoms. The van der Waals surface area contributed by atoms with Gasteiger partial charge in [0, 0.05) is 56.4 Å². The van der Waals surface area contributed by atoms with E-state index in [1.165, 1.54) is 24.3 Å². The highest BCUT2D eigenvalue weighted by atomic mass is 19.4. The summed E-state index contributed by atoms with van der Waals surface area (Å²) in [7, 11) is 0. The van der Waals surface area contributed by atoms with Gasteiger partial charge in [-0.3, -0.25) is 14.5 Å². The first kappa shape index (κ1) is 26.6. The van der Waals surface area contributed by atoms with Gasteiger partial charge in [-0.1, -0.05) is 30.3 Å². The molecule has 2 heterocycles. The fourth-order valence-corrected chi connectivity index (χ4v) is 4.74. The quantitative estimate of drug-likeness (QED) is 0.444. The van der Waals surface area contributed by atoms with E-state index in [1.807, 2.05) is 40.1 Å². The molecule has 3 aromatic carbocycles. The molecule has 7 nitrogen and oxygen atoms in total. The average Bonchev–Trinajstić information content (AvgIpc) is 2.92. The number of benzene rings is 3. The van der Waals surface area contributed by atoms with Gasteiger partial charge >= 0.3 is 6.36 Å². The predicted octanol–water partition coefficient (Wildman–Crippen LogP) is 4.45. The van der Waals surface area contributed by atoms with Crippen LogP contribution in [0.15, 0.2) is 78.9 Å². The van der Waals surface area contributed by atoms with Crippen LogP contribution in [0.25, 0.3) is 0 Å². The van der Waals surface area contributed by atoms with E-state index in [9.17, 15) is 22.8 Å². The molecule has 2 fully saturated rings. The molecule has 204 valence electrons. The van der Waals surface area contributed by atoms with Crippen LogP contribution in [0.3, 0.4) is 0 Å². The number of hydrogen-bond donors (Lipinski definition) is 0. The van der Waals surface area contributed by atoms with Crippen LogP contribution in [0.1, 0.15) is 26.3 Å². The van der Waals surface area contributed by atoms with Crippen molar-refractivity contribution in [1.82, 2.24) is 14.7 Å². The van der Waals surface area contributed by atoms with E-state index in [-0.39, 0.29) is 24.2 Å². The van der Waals surface area contributed by atoms with Crippen molar-refractivity contribution in [2.24, 2.45) is 0 Å². The van der Waals surface area contributed by atoms with Gasteiger partial charge in [0.15, 0.2) is 0 Å². The van der Waals surface area contributed by atoms with Gasteiger partial charge in [-0.05, 0) is 54.1 Å². The molecule has 0 spiro atoms. The molecule has 2 amide bonds. The number of ether oxygens (including phenoxy) is 2. The Morgan fingerprint density at radius 3 is 1.90 bits per heavy atom. The first-order valence-corrected chi connectivity index (χ1v) is 12.7. The van der Waals surface area contributed by atoms with Gasteiger partial charge in [0.25, 0.3) is 11.8 Å². The van der Waals surface area contributed by atoms with Crippen LogP contribution in [0, 0.1) is 0 Å². The highest BCUT2D eigenvalue weighted by Gasteiger charge is 2.37. The largest absolute Gasteiger partial charge is 0.573 e. The fraction of sp³-hybridized carbons (Fsp3) is 0.310. The molecule has 2 aliphatic rings. The second-order valence-electron chi connectivity index (χ2n) is 9.56. The molecule has 0 saturated carbocycles. The number of halogens is 3. The molecule has 0 aromatic heterocycles. The van der Waals surface area contributed by atoms with Crippen LogP contribution in [0.5, 0.6) is 11.5 Å². The minimum absolute atomic E-state index is 0.0454.